The molecule has 1 aliphatic carbocycles. The van der Waals surface area contributed by atoms with Crippen molar-refractivity contribution in [3.05, 3.63) is 83.7 Å². The molecule has 2 amide bonds. The fourth-order valence-corrected chi connectivity index (χ4v) is 3.38. The number of rotatable bonds is 4. The summed E-state index contributed by atoms with van der Waals surface area (Å²) in [5.74, 6) is 0. The Balaban J connectivity index is 1.42. The Morgan fingerprint density at radius 3 is 2.92 bits per heavy atom. The molecule has 0 spiro atoms. The van der Waals surface area contributed by atoms with Gasteiger partial charge >= 0.3 is 6.03 Å². The number of nitrogens with one attached hydrogen (secondary N) is 2. The lowest BCUT2D eigenvalue weighted by Crippen LogP contribution is -2.36. The molecule has 0 unspecified atom stereocenters. The number of amides is 2. The van der Waals surface area contributed by atoms with Gasteiger partial charge in [-0.2, -0.15) is 5.10 Å². The van der Waals surface area contributed by atoms with E-state index < -0.39 is 12.1 Å². The van der Waals surface area contributed by atoms with Crippen molar-refractivity contribution in [1.82, 2.24) is 15.1 Å². The molecule has 1 aliphatic rings. The summed E-state index contributed by atoms with van der Waals surface area (Å²) in [6.07, 6.45) is 3.58. The number of fused-ring (bicyclic) bond motifs is 1. The van der Waals surface area contributed by atoms with Crippen LogP contribution in [-0.2, 0) is 13.0 Å². The summed E-state index contributed by atoms with van der Waals surface area (Å²) >= 11 is 0. The highest BCUT2D eigenvalue weighted by molar-refractivity contribution is 5.89. The SMILES string of the molecule is O=C(Nc1cccc(Cn2cccn2)c1)N[C@@H]1c2ccccc2C[C@@H]1O. The quantitative estimate of drug-likeness (QED) is 0.678. The molecule has 0 saturated heterocycles. The molecule has 132 valence electrons. The molecule has 6 nitrogen and oxygen atoms in total. The second-order valence-electron chi connectivity index (χ2n) is 6.45. The highest BCUT2D eigenvalue weighted by atomic mass is 16.3. The van der Waals surface area contributed by atoms with Crippen LogP contribution < -0.4 is 10.6 Å². The molecule has 0 saturated carbocycles. The Morgan fingerprint density at radius 1 is 1.19 bits per heavy atom. The van der Waals surface area contributed by atoms with Crippen LogP contribution in [0.2, 0.25) is 0 Å². The number of urea groups is 1. The number of aromatic nitrogens is 2. The summed E-state index contributed by atoms with van der Waals surface area (Å²) in [5, 5.41) is 20.2. The number of aliphatic hydroxyl groups excluding tert-OH is 1. The second-order valence-corrected chi connectivity index (χ2v) is 6.45. The van der Waals surface area contributed by atoms with Gasteiger partial charge in [0.2, 0.25) is 0 Å². The van der Waals surface area contributed by atoms with Gasteiger partial charge in [-0.25, -0.2) is 4.79 Å². The van der Waals surface area contributed by atoms with Gasteiger partial charge in [0, 0.05) is 24.5 Å². The monoisotopic (exact) mass is 348 g/mol. The van der Waals surface area contributed by atoms with Gasteiger partial charge in [0.15, 0.2) is 0 Å². The third kappa shape index (κ3) is 3.45. The minimum Gasteiger partial charge on any atom is -0.390 e. The molecular formula is C20H20N4O2. The van der Waals surface area contributed by atoms with Crippen LogP contribution in [0.4, 0.5) is 10.5 Å². The summed E-state index contributed by atoms with van der Waals surface area (Å²) in [6, 6.07) is 16.6. The van der Waals surface area contributed by atoms with Crippen LogP contribution in [0.1, 0.15) is 22.7 Å². The first-order valence-electron chi connectivity index (χ1n) is 8.59. The van der Waals surface area contributed by atoms with Gasteiger partial charge in [0.25, 0.3) is 0 Å². The van der Waals surface area contributed by atoms with Gasteiger partial charge in [-0.3, -0.25) is 4.68 Å². The van der Waals surface area contributed by atoms with Crippen molar-refractivity contribution in [2.75, 3.05) is 5.32 Å². The number of carbonyl (C=O) groups excluding carboxylic acids is 1. The molecule has 26 heavy (non-hydrogen) atoms. The van der Waals surface area contributed by atoms with E-state index in [0.717, 1.165) is 16.7 Å². The van der Waals surface area contributed by atoms with Crippen LogP contribution in [-0.4, -0.2) is 27.0 Å². The predicted molar refractivity (Wildman–Crippen MR) is 98.8 cm³/mol. The number of benzene rings is 2. The summed E-state index contributed by atoms with van der Waals surface area (Å²) < 4.78 is 1.82. The average molecular weight is 348 g/mol. The zero-order valence-corrected chi connectivity index (χ0v) is 14.2. The van der Waals surface area contributed by atoms with Crippen LogP contribution >= 0.6 is 0 Å². The smallest absolute Gasteiger partial charge is 0.319 e. The first-order valence-corrected chi connectivity index (χ1v) is 8.59. The molecular weight excluding hydrogens is 328 g/mol. The van der Waals surface area contributed by atoms with Crippen molar-refractivity contribution in [3.63, 3.8) is 0 Å². The normalized spacial score (nSPS) is 18.3. The van der Waals surface area contributed by atoms with Crippen molar-refractivity contribution < 1.29 is 9.90 Å². The van der Waals surface area contributed by atoms with E-state index in [9.17, 15) is 9.90 Å². The Kier molecular flexibility index (Phi) is 4.41. The van der Waals surface area contributed by atoms with Gasteiger partial charge in [-0.05, 0) is 34.9 Å². The topological polar surface area (TPSA) is 79.2 Å². The van der Waals surface area contributed by atoms with Crippen molar-refractivity contribution in [3.8, 4) is 0 Å². The molecule has 0 radical (unpaired) electrons. The van der Waals surface area contributed by atoms with Gasteiger partial charge in [-0.1, -0.05) is 36.4 Å². The van der Waals surface area contributed by atoms with E-state index in [4.69, 9.17) is 0 Å². The van der Waals surface area contributed by atoms with E-state index in [1.807, 2.05) is 65.5 Å². The van der Waals surface area contributed by atoms with Gasteiger partial charge in [-0.15, -0.1) is 0 Å². The highest BCUT2D eigenvalue weighted by Crippen LogP contribution is 2.31. The Labute approximate surface area is 151 Å². The maximum absolute atomic E-state index is 12.4. The van der Waals surface area contributed by atoms with Crippen LogP contribution in [0.15, 0.2) is 67.0 Å². The zero-order chi connectivity index (χ0) is 17.9. The van der Waals surface area contributed by atoms with Crippen LogP contribution in [0.5, 0.6) is 0 Å². The third-order valence-corrected chi connectivity index (χ3v) is 4.58. The lowest BCUT2D eigenvalue weighted by Gasteiger charge is -2.18. The molecule has 3 N–H and O–H groups in total. The van der Waals surface area contributed by atoms with Crippen molar-refractivity contribution in [2.24, 2.45) is 0 Å². The number of hydrogen-bond donors (Lipinski definition) is 3. The first-order chi connectivity index (χ1) is 12.7. The van der Waals surface area contributed by atoms with Crippen molar-refractivity contribution in [1.29, 1.82) is 0 Å². The molecule has 2 atom stereocenters. The van der Waals surface area contributed by atoms with Crippen molar-refractivity contribution >= 4 is 11.7 Å². The maximum atomic E-state index is 12.4. The summed E-state index contributed by atoms with van der Waals surface area (Å²) in [7, 11) is 0. The molecule has 0 aliphatic heterocycles. The van der Waals surface area contributed by atoms with Gasteiger partial charge in [0.05, 0.1) is 18.7 Å². The zero-order valence-electron chi connectivity index (χ0n) is 14.2. The molecule has 4 rings (SSSR count). The minimum absolute atomic E-state index is 0.331. The van der Waals surface area contributed by atoms with E-state index in [-0.39, 0.29) is 6.03 Å². The van der Waals surface area contributed by atoms with Crippen LogP contribution in [0.3, 0.4) is 0 Å². The van der Waals surface area contributed by atoms with E-state index >= 15 is 0 Å². The maximum Gasteiger partial charge on any atom is 0.319 e. The molecule has 6 heteroatoms. The third-order valence-electron chi connectivity index (χ3n) is 4.58. The van der Waals surface area contributed by atoms with E-state index in [1.165, 1.54) is 0 Å². The number of nitrogens with zero attached hydrogens (tertiary/aromatic N) is 2. The first kappa shape index (κ1) is 16.4. The Hall–Kier alpha value is -3.12. The molecule has 1 heterocycles. The Morgan fingerprint density at radius 2 is 2.08 bits per heavy atom. The molecule has 2 aromatic carbocycles. The van der Waals surface area contributed by atoms with Crippen LogP contribution in [0.25, 0.3) is 0 Å². The molecule has 3 aromatic rings. The number of aliphatic hydroxyl groups is 1. The van der Waals surface area contributed by atoms with Gasteiger partial charge in [0.1, 0.15) is 0 Å². The molecule has 0 bridgehead atoms. The second kappa shape index (κ2) is 7.01. The lowest BCUT2D eigenvalue weighted by molar-refractivity contribution is 0.144. The largest absolute Gasteiger partial charge is 0.390 e. The minimum atomic E-state index is -0.607. The predicted octanol–water partition coefficient (Wildman–Crippen LogP) is 2.71. The van der Waals surface area contributed by atoms with E-state index in [1.54, 1.807) is 6.20 Å². The van der Waals surface area contributed by atoms with E-state index in [0.29, 0.717) is 18.7 Å². The standard InChI is InChI=1S/C20H20N4O2/c25-18-12-15-6-1-2-8-17(15)19(18)23-20(26)22-16-7-3-5-14(11-16)13-24-10-4-9-21-24/h1-11,18-19,25H,12-13H2,(H2,22,23,26)/t18-,19+/m0/s1. The lowest BCUT2D eigenvalue weighted by atomic mass is 10.1. The highest BCUT2D eigenvalue weighted by Gasteiger charge is 2.31. The summed E-state index contributed by atoms with van der Waals surface area (Å²) in [6.45, 7) is 0.638. The average Bonchev–Trinajstić information content (AvgIpc) is 3.24. The van der Waals surface area contributed by atoms with Crippen LogP contribution in [0, 0.1) is 0 Å². The number of hydrogen-bond acceptors (Lipinski definition) is 3. The molecule has 1 aromatic heterocycles. The van der Waals surface area contributed by atoms with Crippen molar-refractivity contribution in [2.45, 2.75) is 25.1 Å². The Bertz CT molecular complexity index is 908. The summed E-state index contributed by atoms with van der Waals surface area (Å²) in [5.41, 5.74) is 3.79. The van der Waals surface area contributed by atoms with E-state index in [2.05, 4.69) is 15.7 Å². The number of carbonyl (C=O) groups is 1. The fraction of sp³-hybridized carbons (Fsp3) is 0.200. The van der Waals surface area contributed by atoms with Gasteiger partial charge < -0.3 is 15.7 Å². The molecule has 0 fully saturated rings. The number of anilines is 1. The summed E-state index contributed by atoms with van der Waals surface area (Å²) in [4.78, 5) is 12.4. The fourth-order valence-electron chi connectivity index (χ4n) is 3.38.